The summed E-state index contributed by atoms with van der Waals surface area (Å²) in [6.45, 7) is -0.182. The maximum Gasteiger partial charge on any atom is 0.430 e. The number of carbonyl (C=O) groups excluding carboxylic acids is 2. The number of fused-ring (bicyclic) bond motifs is 1. The molecule has 0 spiro atoms. The van der Waals surface area contributed by atoms with Crippen molar-refractivity contribution in [2.45, 2.75) is 31.0 Å². The molecule has 0 radical (unpaired) electrons. The molecule has 1 unspecified atom stereocenters. The third-order valence-electron chi connectivity index (χ3n) is 4.68. The highest BCUT2D eigenvalue weighted by Gasteiger charge is 2.65. The normalized spacial score (nSPS) is 17.5. The van der Waals surface area contributed by atoms with E-state index in [1.807, 2.05) is 0 Å². The van der Waals surface area contributed by atoms with E-state index in [0.29, 0.717) is 6.08 Å². The lowest BCUT2D eigenvalue weighted by atomic mass is 9.99. The Kier molecular flexibility index (Phi) is 7.21. The van der Waals surface area contributed by atoms with Gasteiger partial charge in [-0.1, -0.05) is 19.4 Å². The lowest BCUT2D eigenvalue weighted by Crippen LogP contribution is -2.41. The first kappa shape index (κ1) is 28.9. The molecule has 2 rings (SSSR count). The molecule has 0 aromatic heterocycles. The van der Waals surface area contributed by atoms with Gasteiger partial charge in [-0.05, 0) is 30.7 Å². The number of hydrogen-bond acceptors (Lipinski definition) is 7. The van der Waals surface area contributed by atoms with Crippen LogP contribution in [0.2, 0.25) is 0 Å². The van der Waals surface area contributed by atoms with E-state index >= 15 is 0 Å². The molecule has 1 aromatic rings. The average molecular weight is 558 g/mol. The highest BCUT2D eigenvalue weighted by atomic mass is 32.5. The zero-order valence-electron chi connectivity index (χ0n) is 18.3. The Morgan fingerprint density at radius 1 is 1.14 bits per heavy atom. The molecule has 1 amide bonds. The summed E-state index contributed by atoms with van der Waals surface area (Å²) in [4.78, 5) is 36.6. The molecule has 0 aliphatic carbocycles. The van der Waals surface area contributed by atoms with Gasteiger partial charge in [0.05, 0.1) is 12.1 Å². The van der Waals surface area contributed by atoms with Crippen LogP contribution in [-0.2, 0) is 19.2 Å². The summed E-state index contributed by atoms with van der Waals surface area (Å²) in [7, 11) is -10.2. The predicted octanol–water partition coefficient (Wildman–Crippen LogP) is 4.96. The molecule has 0 bridgehead atoms. The average Bonchev–Trinajstić information content (AvgIpc) is 2.68. The smallest absolute Gasteiger partial charge is 0.430 e. The SMILES string of the molecule is CC(=O)N(CCOC(=O)C1=Cc2cc(S(F)(F)(F)(F)F)cc(C)c2OC1C(F)(F)F)CCO[N+](=O)[O-]. The number of carbonyl (C=O) groups is 2. The van der Waals surface area contributed by atoms with E-state index in [1.165, 1.54) is 0 Å². The van der Waals surface area contributed by atoms with E-state index < -0.39 is 86.6 Å². The fourth-order valence-electron chi connectivity index (χ4n) is 3.08. The van der Waals surface area contributed by atoms with Crippen molar-refractivity contribution in [3.05, 3.63) is 38.9 Å². The highest BCUT2D eigenvalue weighted by molar-refractivity contribution is 8.45. The van der Waals surface area contributed by atoms with Crippen molar-refractivity contribution >= 4 is 28.2 Å². The number of halogens is 8. The van der Waals surface area contributed by atoms with Gasteiger partial charge in [-0.2, -0.15) is 13.2 Å². The quantitative estimate of drug-likeness (QED) is 0.183. The number of alkyl halides is 3. The van der Waals surface area contributed by atoms with Crippen molar-refractivity contribution in [3.8, 4) is 5.75 Å². The predicted molar refractivity (Wildman–Crippen MR) is 107 cm³/mol. The van der Waals surface area contributed by atoms with Gasteiger partial charge in [0.15, 0.2) is 0 Å². The maximum absolute atomic E-state index is 13.5. The number of benzene rings is 1. The number of nitrogens with zero attached hydrogens (tertiary/aromatic N) is 2. The second-order valence-electron chi connectivity index (χ2n) is 7.47. The summed E-state index contributed by atoms with van der Waals surface area (Å²) in [5, 5.41) is 9.03. The topological polar surface area (TPSA) is 108 Å². The number of amides is 1. The zero-order valence-corrected chi connectivity index (χ0v) is 19.1. The molecule has 1 aliphatic rings. The van der Waals surface area contributed by atoms with Crippen LogP contribution in [0.15, 0.2) is 22.6 Å². The molecular weight excluding hydrogens is 540 g/mol. The molecule has 18 heteroatoms. The molecule has 1 aromatic carbocycles. The van der Waals surface area contributed by atoms with E-state index in [1.54, 1.807) is 0 Å². The first-order chi connectivity index (χ1) is 16.1. The van der Waals surface area contributed by atoms with Crippen LogP contribution in [-0.4, -0.2) is 60.4 Å². The second kappa shape index (κ2) is 8.97. The van der Waals surface area contributed by atoms with Crippen LogP contribution in [0.3, 0.4) is 0 Å². The van der Waals surface area contributed by atoms with E-state index in [0.717, 1.165) is 18.7 Å². The highest BCUT2D eigenvalue weighted by Crippen LogP contribution is 3.02. The van der Waals surface area contributed by atoms with Crippen molar-refractivity contribution in [2.75, 3.05) is 26.3 Å². The summed E-state index contributed by atoms with van der Waals surface area (Å²) in [5.41, 5.74) is -2.85. The first-order valence-electron chi connectivity index (χ1n) is 9.64. The Morgan fingerprint density at radius 3 is 2.22 bits per heavy atom. The third-order valence-corrected chi connectivity index (χ3v) is 5.81. The number of aryl methyl sites for hydroxylation is 1. The second-order valence-corrected chi connectivity index (χ2v) is 9.87. The summed E-state index contributed by atoms with van der Waals surface area (Å²) >= 11 is 0. The van der Waals surface area contributed by atoms with Gasteiger partial charge in [-0.3, -0.25) is 4.79 Å². The molecule has 0 saturated carbocycles. The molecule has 0 saturated heterocycles. The summed E-state index contributed by atoms with van der Waals surface area (Å²) in [5.74, 6) is -3.14. The fourth-order valence-corrected chi connectivity index (χ4v) is 3.82. The van der Waals surface area contributed by atoms with Crippen molar-refractivity contribution in [1.29, 1.82) is 0 Å². The minimum Gasteiger partial charge on any atom is -0.475 e. The third kappa shape index (κ3) is 7.34. The Labute approximate surface area is 197 Å². The van der Waals surface area contributed by atoms with Crippen LogP contribution in [0.1, 0.15) is 18.1 Å². The van der Waals surface area contributed by atoms with Gasteiger partial charge in [0.2, 0.25) is 12.0 Å². The van der Waals surface area contributed by atoms with Gasteiger partial charge in [0, 0.05) is 19.0 Å². The molecule has 1 heterocycles. The lowest BCUT2D eigenvalue weighted by Gasteiger charge is -2.41. The molecule has 0 N–H and O–H groups in total. The van der Waals surface area contributed by atoms with Crippen LogP contribution >= 0.6 is 10.2 Å². The first-order valence-corrected chi connectivity index (χ1v) is 11.6. The number of rotatable bonds is 9. The van der Waals surface area contributed by atoms with Gasteiger partial charge < -0.3 is 19.2 Å². The van der Waals surface area contributed by atoms with Crippen molar-refractivity contribution in [3.63, 3.8) is 0 Å². The standard InChI is InChI=1S/C18H18F8N2O7S/c1-10-7-13(36(22,23,24,25)26)8-12-9-14(16(18(19,20)21)35-15(10)12)17(30)33-5-3-27(11(2)29)4-6-34-28(31)32/h7-9,16H,3-6H2,1-2H3. The Balaban J connectivity index is 2.32. The summed E-state index contributed by atoms with van der Waals surface area (Å²) in [6.07, 6.45) is -7.93. The van der Waals surface area contributed by atoms with Crippen LogP contribution in [0.25, 0.3) is 6.08 Å². The van der Waals surface area contributed by atoms with Gasteiger partial charge in [-0.25, -0.2) is 4.79 Å². The molecule has 9 nitrogen and oxygen atoms in total. The van der Waals surface area contributed by atoms with Gasteiger partial charge in [0.25, 0.3) is 5.09 Å². The Hall–Kier alpha value is -3.31. The van der Waals surface area contributed by atoms with Crippen molar-refractivity contribution < 1.29 is 61.6 Å². The zero-order chi connectivity index (χ0) is 27.8. The van der Waals surface area contributed by atoms with Crippen LogP contribution in [0, 0.1) is 17.0 Å². The molecule has 36 heavy (non-hydrogen) atoms. The monoisotopic (exact) mass is 558 g/mol. The minimum absolute atomic E-state index is 0.0516. The Morgan fingerprint density at radius 2 is 1.72 bits per heavy atom. The minimum atomic E-state index is -10.2. The largest absolute Gasteiger partial charge is 0.475 e. The molecule has 1 atom stereocenters. The number of hydrogen-bond donors (Lipinski definition) is 0. The van der Waals surface area contributed by atoms with Crippen LogP contribution in [0.4, 0.5) is 32.6 Å². The summed E-state index contributed by atoms with van der Waals surface area (Å²) < 4.78 is 116. The van der Waals surface area contributed by atoms with E-state index in [-0.39, 0.29) is 18.7 Å². The van der Waals surface area contributed by atoms with E-state index in [4.69, 9.17) is 4.74 Å². The van der Waals surface area contributed by atoms with E-state index in [2.05, 4.69) is 9.57 Å². The Bertz CT molecular complexity index is 1110. The molecule has 1 aliphatic heterocycles. The molecule has 0 fully saturated rings. The van der Waals surface area contributed by atoms with Crippen molar-refractivity contribution in [2.24, 2.45) is 0 Å². The molecular formula is C18H18F8N2O7S. The van der Waals surface area contributed by atoms with Crippen LogP contribution < -0.4 is 4.74 Å². The summed E-state index contributed by atoms with van der Waals surface area (Å²) in [6, 6.07) is -0.180. The van der Waals surface area contributed by atoms with Crippen molar-refractivity contribution in [1.82, 2.24) is 4.90 Å². The lowest BCUT2D eigenvalue weighted by molar-refractivity contribution is -0.757. The fraction of sp³-hybridized carbons (Fsp3) is 0.444. The van der Waals surface area contributed by atoms with E-state index in [9.17, 15) is 52.3 Å². The number of esters is 1. The maximum atomic E-state index is 13.5. The number of ether oxygens (including phenoxy) is 2. The van der Waals surface area contributed by atoms with Crippen LogP contribution in [0.5, 0.6) is 5.75 Å². The molecule has 204 valence electrons. The van der Waals surface area contributed by atoms with Gasteiger partial charge >= 0.3 is 22.4 Å². The van der Waals surface area contributed by atoms with Gasteiger partial charge in [0.1, 0.15) is 23.9 Å². The van der Waals surface area contributed by atoms with Gasteiger partial charge in [-0.15, -0.1) is 10.1 Å².